The van der Waals surface area contributed by atoms with Gasteiger partial charge in [0.05, 0.1) is 0 Å². The van der Waals surface area contributed by atoms with Gasteiger partial charge in [0.2, 0.25) is 11.6 Å². The summed E-state index contributed by atoms with van der Waals surface area (Å²) in [5.74, 6) is 1.43. The number of fused-ring (bicyclic) bond motifs is 1. The van der Waals surface area contributed by atoms with Crippen molar-refractivity contribution in [2.75, 3.05) is 5.73 Å². The highest BCUT2D eigenvalue weighted by Gasteiger charge is 2.12. The van der Waals surface area contributed by atoms with E-state index in [4.69, 9.17) is 5.73 Å². The fraction of sp³-hybridized carbons (Fsp3) is 0.0769. The van der Waals surface area contributed by atoms with Gasteiger partial charge in [0.25, 0.3) is 0 Å². The normalized spacial score (nSPS) is 10.9. The molecule has 0 unspecified atom stereocenters. The summed E-state index contributed by atoms with van der Waals surface area (Å²) < 4.78 is 0. The molecule has 0 saturated heterocycles. The largest absolute Gasteiger partial charge is 0.347 e. The zero-order chi connectivity index (χ0) is 11.8. The standard InChI is InChI=1S/C13H12N4/c1-8-15-11-7-10(9-5-3-2-4-6-9)17-12(11)13(14)16-8/h2-7,17H,1H3,(H2,14,15,16)/p+1. The van der Waals surface area contributed by atoms with E-state index in [0.29, 0.717) is 5.82 Å². The molecule has 0 atom stereocenters. The second-order valence-electron chi connectivity index (χ2n) is 4.05. The molecule has 0 aliphatic heterocycles. The number of nitrogens with one attached hydrogen (secondary N) is 2. The van der Waals surface area contributed by atoms with Crippen LogP contribution in [0.1, 0.15) is 5.82 Å². The lowest BCUT2D eigenvalue weighted by molar-refractivity contribution is -0.373. The summed E-state index contributed by atoms with van der Waals surface area (Å²) in [4.78, 5) is 10.7. The number of aromatic amines is 2. The Balaban J connectivity index is 2.24. The smallest absolute Gasteiger partial charge is 0.244 e. The monoisotopic (exact) mass is 225 g/mol. The van der Waals surface area contributed by atoms with Crippen molar-refractivity contribution >= 4 is 16.9 Å². The van der Waals surface area contributed by atoms with Gasteiger partial charge in [-0.25, -0.2) is 4.98 Å². The lowest BCUT2D eigenvalue weighted by Crippen LogP contribution is -2.15. The molecule has 0 radical (unpaired) electrons. The number of anilines is 1. The minimum atomic E-state index is 0.620. The van der Waals surface area contributed by atoms with Gasteiger partial charge in [-0.1, -0.05) is 30.3 Å². The maximum absolute atomic E-state index is 5.92. The molecule has 2 heterocycles. The van der Waals surface area contributed by atoms with Gasteiger partial charge in [-0.05, 0) is 5.56 Å². The number of hydrogen-bond donors (Lipinski definition) is 2. The second kappa shape index (κ2) is 3.59. The molecule has 84 valence electrons. The Morgan fingerprint density at radius 1 is 1.24 bits per heavy atom. The van der Waals surface area contributed by atoms with Crippen LogP contribution in [0.2, 0.25) is 0 Å². The SMILES string of the molecule is Cc1nc2cc(-c3ccccc3)[nH]c2c(N)[nH+]1. The van der Waals surface area contributed by atoms with Gasteiger partial charge in [-0.15, -0.1) is 4.98 Å². The Bertz CT molecular complexity index is 670. The number of H-pyrrole nitrogens is 2. The van der Waals surface area contributed by atoms with E-state index >= 15 is 0 Å². The van der Waals surface area contributed by atoms with Gasteiger partial charge in [-0.3, -0.25) is 0 Å². The Labute approximate surface area is 98.5 Å². The molecule has 3 rings (SSSR count). The van der Waals surface area contributed by atoms with Crippen LogP contribution in [-0.2, 0) is 0 Å². The number of benzene rings is 1. The topological polar surface area (TPSA) is 68.8 Å². The predicted octanol–water partition coefficient (Wildman–Crippen LogP) is 1.93. The lowest BCUT2D eigenvalue weighted by Gasteiger charge is -1.94. The van der Waals surface area contributed by atoms with Crippen LogP contribution in [0.4, 0.5) is 5.82 Å². The molecule has 3 aromatic rings. The molecule has 0 spiro atoms. The highest BCUT2D eigenvalue weighted by atomic mass is 15.0. The molecule has 4 N–H and O–H groups in total. The molecule has 0 fully saturated rings. The van der Waals surface area contributed by atoms with E-state index in [1.807, 2.05) is 31.2 Å². The number of hydrogen-bond acceptors (Lipinski definition) is 2. The van der Waals surface area contributed by atoms with Gasteiger partial charge < -0.3 is 10.7 Å². The summed E-state index contributed by atoms with van der Waals surface area (Å²) >= 11 is 0. The maximum Gasteiger partial charge on any atom is 0.244 e. The van der Waals surface area contributed by atoms with Crippen molar-refractivity contribution in [3.05, 3.63) is 42.2 Å². The van der Waals surface area contributed by atoms with E-state index in [1.165, 1.54) is 0 Å². The fourth-order valence-electron chi connectivity index (χ4n) is 1.98. The quantitative estimate of drug-likeness (QED) is 0.664. The number of nitrogen functional groups attached to an aromatic ring is 1. The highest BCUT2D eigenvalue weighted by Crippen LogP contribution is 2.24. The first kappa shape index (κ1) is 9.84. The summed E-state index contributed by atoms with van der Waals surface area (Å²) in [5.41, 5.74) is 9.82. The first-order chi connectivity index (χ1) is 8.24. The number of aromatic nitrogens is 3. The Morgan fingerprint density at radius 3 is 2.76 bits per heavy atom. The second-order valence-corrected chi connectivity index (χ2v) is 4.05. The summed E-state index contributed by atoms with van der Waals surface area (Å²) in [5, 5.41) is 0. The van der Waals surface area contributed by atoms with Crippen molar-refractivity contribution in [1.82, 2.24) is 9.97 Å². The van der Waals surface area contributed by atoms with E-state index in [9.17, 15) is 0 Å². The molecule has 4 nitrogen and oxygen atoms in total. The van der Waals surface area contributed by atoms with Crippen LogP contribution in [-0.4, -0.2) is 9.97 Å². The third-order valence-corrected chi connectivity index (χ3v) is 2.75. The van der Waals surface area contributed by atoms with Gasteiger partial charge in [0.15, 0.2) is 11.0 Å². The fourth-order valence-corrected chi connectivity index (χ4v) is 1.98. The summed E-state index contributed by atoms with van der Waals surface area (Å²) in [7, 11) is 0. The van der Waals surface area contributed by atoms with Crippen LogP contribution in [0.5, 0.6) is 0 Å². The molecule has 4 heteroatoms. The van der Waals surface area contributed by atoms with Crippen molar-refractivity contribution in [1.29, 1.82) is 0 Å². The van der Waals surface area contributed by atoms with Crippen molar-refractivity contribution < 1.29 is 4.98 Å². The maximum atomic E-state index is 5.92. The molecule has 0 aliphatic rings. The summed E-state index contributed by atoms with van der Waals surface area (Å²) in [6.07, 6.45) is 0. The van der Waals surface area contributed by atoms with E-state index in [-0.39, 0.29) is 0 Å². The molecule has 2 aromatic heterocycles. The number of aryl methyl sites for hydroxylation is 1. The van der Waals surface area contributed by atoms with Crippen LogP contribution in [0.15, 0.2) is 36.4 Å². The molecule has 1 aromatic carbocycles. The number of nitrogens with two attached hydrogens (primary N) is 1. The van der Waals surface area contributed by atoms with Gasteiger partial charge in [0, 0.05) is 18.7 Å². The van der Waals surface area contributed by atoms with Crippen molar-refractivity contribution in [2.24, 2.45) is 0 Å². The Hall–Kier alpha value is -2.36. The molecular formula is C13H13N4+. The highest BCUT2D eigenvalue weighted by molar-refractivity contribution is 5.88. The average Bonchev–Trinajstić information content (AvgIpc) is 2.74. The molecule has 0 aliphatic carbocycles. The van der Waals surface area contributed by atoms with E-state index in [1.54, 1.807) is 0 Å². The molecule has 0 saturated carbocycles. The molecular weight excluding hydrogens is 212 g/mol. The van der Waals surface area contributed by atoms with Gasteiger partial charge in [0.1, 0.15) is 0 Å². The lowest BCUT2D eigenvalue weighted by atomic mass is 10.2. The molecule has 17 heavy (non-hydrogen) atoms. The minimum Gasteiger partial charge on any atom is -0.347 e. The van der Waals surface area contributed by atoms with Crippen LogP contribution in [0.3, 0.4) is 0 Å². The third-order valence-electron chi connectivity index (χ3n) is 2.75. The van der Waals surface area contributed by atoms with E-state index in [2.05, 4.69) is 27.1 Å². The first-order valence-electron chi connectivity index (χ1n) is 5.47. The predicted molar refractivity (Wildman–Crippen MR) is 67.2 cm³/mol. The average molecular weight is 225 g/mol. The zero-order valence-electron chi connectivity index (χ0n) is 9.49. The number of rotatable bonds is 1. The molecule has 0 bridgehead atoms. The van der Waals surface area contributed by atoms with Crippen LogP contribution in [0, 0.1) is 6.92 Å². The van der Waals surface area contributed by atoms with Crippen molar-refractivity contribution in [2.45, 2.75) is 6.92 Å². The zero-order valence-corrected chi connectivity index (χ0v) is 9.49. The van der Waals surface area contributed by atoms with Gasteiger partial charge in [-0.2, -0.15) is 0 Å². The van der Waals surface area contributed by atoms with Crippen LogP contribution >= 0.6 is 0 Å². The third kappa shape index (κ3) is 1.63. The van der Waals surface area contributed by atoms with Crippen molar-refractivity contribution in [3.63, 3.8) is 0 Å². The minimum absolute atomic E-state index is 0.620. The van der Waals surface area contributed by atoms with E-state index in [0.717, 1.165) is 28.1 Å². The summed E-state index contributed by atoms with van der Waals surface area (Å²) in [6.45, 7) is 1.89. The summed E-state index contributed by atoms with van der Waals surface area (Å²) in [6, 6.07) is 12.1. The first-order valence-corrected chi connectivity index (χ1v) is 5.47. The Kier molecular flexibility index (Phi) is 2.08. The van der Waals surface area contributed by atoms with Crippen LogP contribution in [0.25, 0.3) is 22.3 Å². The van der Waals surface area contributed by atoms with Crippen LogP contribution < -0.4 is 10.7 Å². The molecule has 0 amide bonds. The van der Waals surface area contributed by atoms with Crippen molar-refractivity contribution in [3.8, 4) is 11.3 Å². The van der Waals surface area contributed by atoms with Gasteiger partial charge >= 0.3 is 0 Å². The Morgan fingerprint density at radius 2 is 2.00 bits per heavy atom. The van der Waals surface area contributed by atoms with E-state index < -0.39 is 0 Å². The number of nitrogens with zero attached hydrogens (tertiary/aromatic N) is 1.